The van der Waals surface area contributed by atoms with Crippen molar-refractivity contribution in [1.82, 2.24) is 0 Å². The highest BCUT2D eigenvalue weighted by Crippen LogP contribution is 2.42. The van der Waals surface area contributed by atoms with E-state index in [4.69, 9.17) is 23.7 Å². The van der Waals surface area contributed by atoms with Crippen molar-refractivity contribution >= 4 is 23.9 Å². The molecule has 0 radical (unpaired) electrons. The van der Waals surface area contributed by atoms with Gasteiger partial charge in [-0.05, 0) is 53.5 Å². The maximum Gasteiger partial charge on any atom is 0.303 e. The summed E-state index contributed by atoms with van der Waals surface area (Å²) in [6, 6.07) is 14.7. The average Bonchev–Trinajstić information content (AvgIpc) is 2.93. The summed E-state index contributed by atoms with van der Waals surface area (Å²) in [6.45, 7) is 6.79. The summed E-state index contributed by atoms with van der Waals surface area (Å²) in [7, 11) is 0. The predicted octanol–water partition coefficient (Wildman–Crippen LogP) is 4.52. The van der Waals surface area contributed by atoms with Gasteiger partial charge in [-0.3, -0.25) is 19.2 Å². The third kappa shape index (κ3) is 7.33. The topological polar surface area (TPSA) is 114 Å². The van der Waals surface area contributed by atoms with Crippen molar-refractivity contribution in [3.05, 3.63) is 70.3 Å². The molecule has 2 aromatic rings. The molecule has 0 saturated carbocycles. The Morgan fingerprint density at radius 1 is 0.780 bits per heavy atom. The van der Waals surface area contributed by atoms with E-state index in [9.17, 15) is 19.2 Å². The van der Waals surface area contributed by atoms with Crippen LogP contribution >= 0.6 is 0 Å². The Labute approximate surface area is 240 Å². The number of aryl methyl sites for hydroxylation is 2. The number of hydrogen-bond donors (Lipinski definition) is 0. The molecule has 220 valence electrons. The second-order valence-electron chi connectivity index (χ2n) is 10.6. The van der Waals surface area contributed by atoms with E-state index >= 15 is 0 Å². The van der Waals surface area contributed by atoms with Gasteiger partial charge in [0.25, 0.3) is 0 Å². The van der Waals surface area contributed by atoms with Gasteiger partial charge in [-0.1, -0.05) is 49.4 Å². The molecule has 1 saturated heterocycles. The smallest absolute Gasteiger partial charge is 0.303 e. The summed E-state index contributed by atoms with van der Waals surface area (Å²) in [4.78, 5) is 48.2. The number of benzene rings is 2. The summed E-state index contributed by atoms with van der Waals surface area (Å²) in [5, 5.41) is 0. The molecule has 4 rings (SSSR count). The molecule has 0 bridgehead atoms. The summed E-state index contributed by atoms with van der Waals surface area (Å²) in [6.07, 6.45) is -1.44. The second-order valence-corrected chi connectivity index (χ2v) is 10.6. The third-order valence-corrected chi connectivity index (χ3v) is 7.59. The number of fused-ring (bicyclic) bond motifs is 1. The summed E-state index contributed by atoms with van der Waals surface area (Å²) in [5.74, 6) is -2.31. The fourth-order valence-corrected chi connectivity index (χ4v) is 5.82. The van der Waals surface area contributed by atoms with Crippen LogP contribution in [0.4, 0.5) is 0 Å². The molecule has 2 aliphatic rings. The average molecular weight is 567 g/mol. The molecule has 0 amide bonds. The third-order valence-electron chi connectivity index (χ3n) is 7.59. The molecular weight excluding hydrogens is 528 g/mol. The van der Waals surface area contributed by atoms with Crippen LogP contribution < -0.4 is 0 Å². The van der Waals surface area contributed by atoms with Crippen LogP contribution in [0.1, 0.15) is 87.3 Å². The molecule has 1 aliphatic carbocycles. The van der Waals surface area contributed by atoms with Crippen molar-refractivity contribution in [3.63, 3.8) is 0 Å². The van der Waals surface area contributed by atoms with Gasteiger partial charge in [-0.2, -0.15) is 0 Å². The van der Waals surface area contributed by atoms with Crippen LogP contribution in [0.2, 0.25) is 0 Å². The van der Waals surface area contributed by atoms with Crippen molar-refractivity contribution < 1.29 is 42.9 Å². The van der Waals surface area contributed by atoms with E-state index in [-0.39, 0.29) is 12.5 Å². The van der Waals surface area contributed by atoms with Crippen LogP contribution in [-0.2, 0) is 55.7 Å². The number of carbonyl (C=O) groups excluding carboxylic acids is 4. The Morgan fingerprint density at radius 2 is 1.39 bits per heavy atom. The lowest BCUT2D eigenvalue weighted by Gasteiger charge is -2.44. The van der Waals surface area contributed by atoms with Gasteiger partial charge in [0, 0.05) is 33.6 Å². The summed E-state index contributed by atoms with van der Waals surface area (Å²) < 4.78 is 28.5. The predicted molar refractivity (Wildman–Crippen MR) is 148 cm³/mol. The van der Waals surface area contributed by atoms with Crippen molar-refractivity contribution in [2.24, 2.45) is 0 Å². The molecule has 1 fully saturated rings. The van der Waals surface area contributed by atoms with Gasteiger partial charge in [0.1, 0.15) is 18.8 Å². The first-order valence-electron chi connectivity index (χ1n) is 14.1. The minimum atomic E-state index is -1.20. The lowest BCUT2D eigenvalue weighted by molar-refractivity contribution is -0.254. The number of carbonyl (C=O) groups is 4. The van der Waals surface area contributed by atoms with E-state index in [0.29, 0.717) is 5.56 Å². The van der Waals surface area contributed by atoms with Crippen LogP contribution in [0.25, 0.3) is 0 Å². The zero-order chi connectivity index (χ0) is 29.7. The Bertz CT molecular complexity index is 1270. The van der Waals surface area contributed by atoms with Gasteiger partial charge < -0.3 is 23.7 Å². The molecule has 0 spiro atoms. The first-order valence-corrected chi connectivity index (χ1v) is 14.1. The molecule has 6 atom stereocenters. The zero-order valence-corrected chi connectivity index (χ0v) is 24.2. The van der Waals surface area contributed by atoms with Gasteiger partial charge in [0.2, 0.25) is 0 Å². The van der Waals surface area contributed by atoms with Gasteiger partial charge in [-0.15, -0.1) is 0 Å². The maximum atomic E-state index is 12.3. The van der Waals surface area contributed by atoms with Crippen LogP contribution in [0, 0.1) is 0 Å². The molecule has 1 heterocycles. The van der Waals surface area contributed by atoms with Gasteiger partial charge in [-0.25, -0.2) is 0 Å². The standard InChI is InChI=1S/C32H38O9/c1-6-22-10-12-24(13-11-22)26-9-7-8-23-14-15-25(16-27(23)26)29-31(39-20(4)35)32(40-21(5)36)30(38-19(3)34)28(41-29)17-37-18(2)33/h10-16,26,28-32H,6-9,17H2,1-5H3. The summed E-state index contributed by atoms with van der Waals surface area (Å²) >= 11 is 0. The highest BCUT2D eigenvalue weighted by Gasteiger charge is 2.52. The van der Waals surface area contributed by atoms with E-state index in [0.717, 1.165) is 31.2 Å². The molecule has 1 aliphatic heterocycles. The Morgan fingerprint density at radius 3 is 2.00 bits per heavy atom. The molecule has 2 aromatic carbocycles. The first-order chi connectivity index (χ1) is 19.6. The molecule has 6 unspecified atom stereocenters. The van der Waals surface area contributed by atoms with Crippen LogP contribution in [0.3, 0.4) is 0 Å². The van der Waals surface area contributed by atoms with Crippen LogP contribution in [0.5, 0.6) is 0 Å². The minimum absolute atomic E-state index is 0.176. The molecule has 0 N–H and O–H groups in total. The van der Waals surface area contributed by atoms with E-state index in [1.807, 2.05) is 6.07 Å². The molecule has 41 heavy (non-hydrogen) atoms. The normalized spacial score (nSPS) is 25.4. The van der Waals surface area contributed by atoms with Crippen molar-refractivity contribution in [1.29, 1.82) is 0 Å². The molecule has 0 aromatic heterocycles. The van der Waals surface area contributed by atoms with E-state index in [2.05, 4.69) is 43.3 Å². The van der Waals surface area contributed by atoms with Crippen molar-refractivity contribution in [2.75, 3.05) is 6.61 Å². The maximum absolute atomic E-state index is 12.3. The summed E-state index contributed by atoms with van der Waals surface area (Å²) in [5.41, 5.74) is 5.59. The number of rotatable bonds is 8. The lowest BCUT2D eigenvalue weighted by Crippen LogP contribution is -2.59. The van der Waals surface area contributed by atoms with Gasteiger partial charge in [0.05, 0.1) is 0 Å². The van der Waals surface area contributed by atoms with E-state index in [1.165, 1.54) is 44.4 Å². The molecular formula is C32H38O9. The number of hydrogen-bond acceptors (Lipinski definition) is 9. The highest BCUT2D eigenvalue weighted by atomic mass is 16.7. The van der Waals surface area contributed by atoms with E-state index in [1.54, 1.807) is 0 Å². The largest absolute Gasteiger partial charge is 0.463 e. The van der Waals surface area contributed by atoms with Gasteiger partial charge >= 0.3 is 23.9 Å². The van der Waals surface area contributed by atoms with E-state index < -0.39 is 54.4 Å². The highest BCUT2D eigenvalue weighted by molar-refractivity contribution is 5.69. The van der Waals surface area contributed by atoms with Crippen molar-refractivity contribution in [3.8, 4) is 0 Å². The van der Waals surface area contributed by atoms with Crippen LogP contribution in [-0.4, -0.2) is 54.9 Å². The lowest BCUT2D eigenvalue weighted by atomic mass is 9.77. The quantitative estimate of drug-likeness (QED) is 0.336. The Balaban J connectivity index is 1.78. The minimum Gasteiger partial charge on any atom is -0.463 e. The fourth-order valence-electron chi connectivity index (χ4n) is 5.82. The number of esters is 4. The van der Waals surface area contributed by atoms with Crippen LogP contribution in [0.15, 0.2) is 42.5 Å². The molecule has 9 nitrogen and oxygen atoms in total. The monoisotopic (exact) mass is 566 g/mol. The first kappa shape index (κ1) is 30.2. The Hall–Kier alpha value is -3.72. The SMILES string of the molecule is CCc1ccc(C2CCCc3ccc(C4OC(COC(C)=O)C(OC(C)=O)C(OC(C)=O)C4OC(C)=O)cc32)cc1. The van der Waals surface area contributed by atoms with Gasteiger partial charge in [0.15, 0.2) is 18.3 Å². The molecule has 9 heteroatoms. The second kappa shape index (κ2) is 13.3. The zero-order valence-electron chi connectivity index (χ0n) is 24.2. The fraction of sp³-hybridized carbons (Fsp3) is 0.500. The number of ether oxygens (including phenoxy) is 5. The Kier molecular flexibility index (Phi) is 9.81. The van der Waals surface area contributed by atoms with Crippen molar-refractivity contribution in [2.45, 2.75) is 96.7 Å².